The fourth-order valence-electron chi connectivity index (χ4n) is 6.80. The van der Waals surface area contributed by atoms with Crippen LogP contribution in [0.2, 0.25) is 0 Å². The average Bonchev–Trinajstić information content (AvgIpc) is 2.78. The molecule has 0 heterocycles. The van der Waals surface area contributed by atoms with Gasteiger partial charge in [0.2, 0.25) is 5.91 Å². The molecule has 0 aromatic heterocycles. The topological polar surface area (TPSA) is 158 Å². The molecule has 0 spiro atoms. The van der Waals surface area contributed by atoms with Crippen molar-refractivity contribution in [1.82, 2.24) is 9.80 Å². The van der Waals surface area contributed by atoms with Crippen LogP contribution in [0.4, 0.5) is 4.39 Å². The van der Waals surface area contributed by atoms with E-state index >= 15 is 4.39 Å². The number of phenolic OH excluding ortho intramolecular Hbond substituents is 1. The monoisotopic (exact) mass is 531 g/mol. The third-order valence-corrected chi connectivity index (χ3v) is 8.19. The van der Waals surface area contributed by atoms with E-state index in [1.807, 2.05) is 25.8 Å². The van der Waals surface area contributed by atoms with Gasteiger partial charge in [-0.15, -0.1) is 0 Å². The number of fused-ring (bicyclic) bond motifs is 3. The van der Waals surface area contributed by atoms with E-state index in [9.17, 15) is 34.2 Å². The molecule has 0 aliphatic heterocycles. The second-order valence-corrected chi connectivity index (χ2v) is 11.6. The van der Waals surface area contributed by atoms with Gasteiger partial charge in [0.25, 0.3) is 0 Å². The lowest BCUT2D eigenvalue weighted by Crippen LogP contribution is -2.74. The van der Waals surface area contributed by atoms with E-state index in [4.69, 9.17) is 5.73 Å². The van der Waals surface area contributed by atoms with Gasteiger partial charge < -0.3 is 20.8 Å². The van der Waals surface area contributed by atoms with Crippen LogP contribution in [0, 0.1) is 35.4 Å². The van der Waals surface area contributed by atoms with E-state index in [2.05, 4.69) is 0 Å². The van der Waals surface area contributed by atoms with Gasteiger partial charge >= 0.3 is 0 Å². The maximum Gasteiger partial charge on any atom is 0.235 e. The van der Waals surface area contributed by atoms with Crippen molar-refractivity contribution in [1.29, 1.82) is 0 Å². The number of phenols is 1. The van der Waals surface area contributed by atoms with Crippen LogP contribution in [0.25, 0.3) is 0 Å². The summed E-state index contributed by atoms with van der Waals surface area (Å²) in [5, 5.41) is 22.3. The number of nitrogens with zero attached hydrogens (tertiary/aromatic N) is 2. The summed E-state index contributed by atoms with van der Waals surface area (Å²) >= 11 is 0. The number of primary amides is 1. The standard InChI is InChI=1S/C27H34FN3O7/c1-11(2)9-31(5)10-13-8-16(32)18-14(20(13)28)6-12-7-15-21(30(3)4)23(34)19(26(29)37)25(36)27(15,38)24(35)17(12)22(18)33/h8,11-12,15,17,19,21,32,38H,6-7,9-10H2,1-5H3,(H2,29,37)/t12-,15-,17?,19?,21-,27-/m0/s1. The number of carbonyl (C=O) groups is 5. The number of rotatable bonds is 6. The summed E-state index contributed by atoms with van der Waals surface area (Å²) in [6.07, 6.45) is -0.228. The van der Waals surface area contributed by atoms with Gasteiger partial charge in [0.15, 0.2) is 34.7 Å². The van der Waals surface area contributed by atoms with Gasteiger partial charge in [-0.25, -0.2) is 4.39 Å². The van der Waals surface area contributed by atoms with Gasteiger partial charge in [-0.1, -0.05) is 13.8 Å². The van der Waals surface area contributed by atoms with Crippen molar-refractivity contribution in [3.05, 3.63) is 28.6 Å². The molecule has 2 saturated carbocycles. The Labute approximate surface area is 219 Å². The quantitative estimate of drug-likeness (QED) is 0.433. The Hall–Kier alpha value is -3.02. The van der Waals surface area contributed by atoms with Crippen molar-refractivity contribution in [3.8, 4) is 5.75 Å². The molecular formula is C27H34FN3O7. The zero-order valence-electron chi connectivity index (χ0n) is 22.2. The minimum atomic E-state index is -2.80. The predicted octanol–water partition coefficient (Wildman–Crippen LogP) is 0.0939. The molecule has 1 aromatic carbocycles. The minimum absolute atomic E-state index is 0.0210. The first-order valence-corrected chi connectivity index (χ1v) is 12.7. The Bertz CT molecular complexity index is 1250. The molecule has 1 aromatic rings. The summed E-state index contributed by atoms with van der Waals surface area (Å²) in [5.41, 5.74) is 2.34. The van der Waals surface area contributed by atoms with Crippen molar-refractivity contribution in [3.63, 3.8) is 0 Å². The Kier molecular flexibility index (Phi) is 7.09. The number of hydrogen-bond donors (Lipinski definition) is 3. The lowest BCUT2D eigenvalue weighted by molar-refractivity contribution is -0.181. The zero-order chi connectivity index (χ0) is 28.4. The maximum absolute atomic E-state index is 15.7. The zero-order valence-corrected chi connectivity index (χ0v) is 22.2. The van der Waals surface area contributed by atoms with E-state index in [1.54, 1.807) is 0 Å². The lowest BCUT2D eigenvalue weighted by Gasteiger charge is -2.52. The van der Waals surface area contributed by atoms with Crippen LogP contribution in [0.1, 0.15) is 41.8 Å². The van der Waals surface area contributed by atoms with Crippen LogP contribution in [0.15, 0.2) is 6.07 Å². The van der Waals surface area contributed by atoms with Crippen LogP contribution < -0.4 is 5.73 Å². The second-order valence-electron chi connectivity index (χ2n) is 11.6. The van der Waals surface area contributed by atoms with Crippen molar-refractivity contribution in [2.45, 2.75) is 44.9 Å². The molecule has 0 bridgehead atoms. The molecule has 6 atom stereocenters. The summed E-state index contributed by atoms with van der Waals surface area (Å²) in [7, 11) is 4.83. The van der Waals surface area contributed by atoms with Crippen molar-refractivity contribution in [2.24, 2.45) is 35.3 Å². The van der Waals surface area contributed by atoms with Gasteiger partial charge in [-0.2, -0.15) is 0 Å². The van der Waals surface area contributed by atoms with Gasteiger partial charge in [-0.3, -0.25) is 28.9 Å². The van der Waals surface area contributed by atoms with Crippen LogP contribution in [-0.4, -0.2) is 88.4 Å². The molecular weight excluding hydrogens is 497 g/mol. The fraction of sp³-hybridized carbons (Fsp3) is 0.593. The van der Waals surface area contributed by atoms with Crippen LogP contribution in [-0.2, 0) is 32.1 Å². The molecule has 4 rings (SSSR count). The molecule has 3 aliphatic rings. The Morgan fingerprint density at radius 2 is 1.82 bits per heavy atom. The molecule has 206 valence electrons. The van der Waals surface area contributed by atoms with Crippen molar-refractivity contribution >= 4 is 29.0 Å². The largest absolute Gasteiger partial charge is 0.507 e. The number of aliphatic hydroxyl groups is 1. The van der Waals surface area contributed by atoms with Crippen molar-refractivity contribution < 1.29 is 38.6 Å². The Morgan fingerprint density at radius 1 is 1.18 bits per heavy atom. The average molecular weight is 532 g/mol. The summed E-state index contributed by atoms with van der Waals surface area (Å²) in [6, 6.07) is -0.0326. The first-order valence-electron chi connectivity index (χ1n) is 12.7. The third kappa shape index (κ3) is 4.07. The fourth-order valence-corrected chi connectivity index (χ4v) is 6.80. The smallest absolute Gasteiger partial charge is 0.235 e. The normalized spacial score (nSPS) is 31.1. The summed E-state index contributed by atoms with van der Waals surface area (Å²) < 4.78 is 15.7. The highest BCUT2D eigenvalue weighted by Crippen LogP contribution is 2.51. The number of hydrogen-bond acceptors (Lipinski definition) is 9. The number of halogens is 1. The molecule has 2 unspecified atom stereocenters. The number of amides is 1. The summed E-state index contributed by atoms with van der Waals surface area (Å²) in [5.74, 6) is -12.0. The summed E-state index contributed by atoms with van der Waals surface area (Å²) in [6.45, 7) is 4.90. The minimum Gasteiger partial charge on any atom is -0.507 e. The van der Waals surface area contributed by atoms with Gasteiger partial charge in [-0.05, 0) is 51.9 Å². The molecule has 10 nitrogen and oxygen atoms in total. The van der Waals surface area contributed by atoms with Crippen molar-refractivity contribution in [2.75, 3.05) is 27.7 Å². The first-order chi connectivity index (χ1) is 17.6. The molecule has 38 heavy (non-hydrogen) atoms. The number of likely N-dealkylation sites (N-methyl/N-ethyl adjacent to an activating group) is 1. The van der Waals surface area contributed by atoms with Crippen LogP contribution in [0.5, 0.6) is 5.75 Å². The number of nitrogens with two attached hydrogens (primary N) is 1. The highest BCUT2D eigenvalue weighted by atomic mass is 19.1. The number of Topliss-reactive ketones (excluding diaryl/α,β-unsaturated/α-hetero) is 4. The SMILES string of the molecule is CC(C)CN(C)Cc1cc(O)c2c(c1F)C[C@H]1C[C@H]3[C@H](N(C)C)C(=O)C(C(N)=O)C(=O)[C@@]3(O)C(=O)C1C2=O. The maximum atomic E-state index is 15.7. The molecule has 0 radical (unpaired) electrons. The van der Waals surface area contributed by atoms with Gasteiger partial charge in [0.1, 0.15) is 11.6 Å². The van der Waals surface area contributed by atoms with Crippen LogP contribution >= 0.6 is 0 Å². The Morgan fingerprint density at radius 3 is 2.37 bits per heavy atom. The molecule has 3 aliphatic carbocycles. The summed E-state index contributed by atoms with van der Waals surface area (Å²) in [4.78, 5) is 69.0. The highest BCUT2D eigenvalue weighted by molar-refractivity contribution is 6.32. The molecule has 2 fully saturated rings. The van der Waals surface area contributed by atoms with Gasteiger partial charge in [0, 0.05) is 30.1 Å². The highest BCUT2D eigenvalue weighted by Gasteiger charge is 2.69. The van der Waals surface area contributed by atoms with Gasteiger partial charge in [0.05, 0.1) is 17.5 Å². The second kappa shape index (κ2) is 9.62. The molecule has 0 saturated heterocycles. The van der Waals surface area contributed by atoms with Crippen LogP contribution in [0.3, 0.4) is 0 Å². The van der Waals surface area contributed by atoms with E-state index in [1.165, 1.54) is 25.1 Å². The van der Waals surface area contributed by atoms with E-state index in [0.717, 1.165) is 0 Å². The predicted molar refractivity (Wildman–Crippen MR) is 132 cm³/mol. The number of carbonyl (C=O) groups excluding carboxylic acids is 5. The number of aromatic hydroxyl groups is 1. The van der Waals surface area contributed by atoms with E-state index < -0.39 is 75.9 Å². The lowest BCUT2D eigenvalue weighted by atomic mass is 9.52. The number of ketones is 4. The third-order valence-electron chi connectivity index (χ3n) is 8.19. The van der Waals surface area contributed by atoms with E-state index in [-0.39, 0.29) is 36.1 Å². The number of benzene rings is 1. The Balaban J connectivity index is 1.80. The first kappa shape index (κ1) is 28.0. The van der Waals surface area contributed by atoms with E-state index in [0.29, 0.717) is 12.5 Å². The molecule has 4 N–H and O–H groups in total. The molecule has 11 heteroatoms. The molecule has 1 amide bonds.